The van der Waals surface area contributed by atoms with Crippen molar-refractivity contribution in [1.29, 1.82) is 0 Å². The maximum Gasteiger partial charge on any atom is 0.0541 e. The third-order valence-corrected chi connectivity index (χ3v) is 12.2. The van der Waals surface area contributed by atoms with Crippen molar-refractivity contribution in [3.05, 3.63) is 192 Å². The van der Waals surface area contributed by atoms with E-state index in [0.717, 1.165) is 0 Å². The highest BCUT2D eigenvalue weighted by Crippen LogP contribution is 2.54. The van der Waals surface area contributed by atoms with Gasteiger partial charge in [-0.25, -0.2) is 0 Å². The lowest BCUT2D eigenvalue weighted by molar-refractivity contribution is 0.394. The molecule has 0 N–H and O–H groups in total. The van der Waals surface area contributed by atoms with Crippen LogP contribution in [0.1, 0.15) is 42.0 Å². The van der Waals surface area contributed by atoms with E-state index in [9.17, 15) is 0 Å². The number of benzene rings is 7. The van der Waals surface area contributed by atoms with Gasteiger partial charge in [-0.1, -0.05) is 159 Å². The molecule has 2 heteroatoms. The van der Waals surface area contributed by atoms with E-state index in [2.05, 4.69) is 205 Å². The summed E-state index contributed by atoms with van der Waals surface area (Å²) in [5, 5.41) is 7.67. The van der Waals surface area contributed by atoms with Crippen molar-refractivity contribution < 1.29 is 0 Å². The third-order valence-electron chi connectivity index (χ3n) is 12.2. The summed E-state index contributed by atoms with van der Waals surface area (Å²) in [7, 11) is 0. The van der Waals surface area contributed by atoms with Crippen LogP contribution in [-0.4, -0.2) is 9.13 Å². The molecular weight excluding hydrogens is 641 g/mol. The first-order chi connectivity index (χ1) is 26.1. The van der Waals surface area contributed by atoms with Crippen LogP contribution in [0.15, 0.2) is 170 Å². The monoisotopic (exact) mass is 678 g/mol. The summed E-state index contributed by atoms with van der Waals surface area (Å²) < 4.78 is 4.89. The van der Waals surface area contributed by atoms with Crippen molar-refractivity contribution in [3.8, 4) is 5.69 Å². The fourth-order valence-electron chi connectivity index (χ4n) is 9.70. The first-order valence-corrected chi connectivity index (χ1v) is 18.8. The Hall–Kier alpha value is -6.38. The zero-order chi connectivity index (χ0) is 35.3. The Balaban J connectivity index is 0.963. The Morgan fingerprint density at radius 2 is 1.06 bits per heavy atom. The van der Waals surface area contributed by atoms with Gasteiger partial charge in [-0.3, -0.25) is 0 Å². The van der Waals surface area contributed by atoms with E-state index in [-0.39, 0.29) is 5.41 Å². The molecule has 11 rings (SSSR count). The third kappa shape index (κ3) is 4.39. The fraction of sp³-hybridized carbons (Fsp3) is 0.0980. The topological polar surface area (TPSA) is 9.86 Å². The van der Waals surface area contributed by atoms with Gasteiger partial charge in [-0.2, -0.15) is 0 Å². The summed E-state index contributed by atoms with van der Waals surface area (Å²) in [6, 6.07) is 55.7. The normalized spacial score (nSPS) is 17.7. The minimum Gasteiger partial charge on any atom is -0.310 e. The van der Waals surface area contributed by atoms with Crippen LogP contribution in [0.2, 0.25) is 0 Å². The molecule has 0 aliphatic heterocycles. The van der Waals surface area contributed by atoms with Crippen LogP contribution in [0.5, 0.6) is 0 Å². The molecule has 2 aromatic heterocycles. The SMILES string of the molecule is CC1(C)c2cc(/C=C/c3cccc4c(-n5c6ccccc6c6ccccc65)cccc34)ccc2C2C=CC(n3c4ccccc4c4ccccc43)=CC21. The predicted octanol–water partition coefficient (Wildman–Crippen LogP) is 13.3. The average molecular weight is 679 g/mol. The molecule has 7 aromatic carbocycles. The zero-order valence-electron chi connectivity index (χ0n) is 29.9. The number of nitrogens with zero attached hydrogens (tertiary/aromatic N) is 2. The number of allylic oxidation sites excluding steroid dienone is 4. The van der Waals surface area contributed by atoms with Gasteiger partial charge in [0.05, 0.1) is 27.8 Å². The van der Waals surface area contributed by atoms with Gasteiger partial charge in [0.1, 0.15) is 0 Å². The van der Waals surface area contributed by atoms with Crippen molar-refractivity contribution in [2.45, 2.75) is 25.2 Å². The van der Waals surface area contributed by atoms with Gasteiger partial charge in [0.25, 0.3) is 0 Å². The molecule has 0 saturated carbocycles. The van der Waals surface area contributed by atoms with Crippen molar-refractivity contribution in [3.63, 3.8) is 0 Å². The van der Waals surface area contributed by atoms with Gasteiger partial charge in [-0.15, -0.1) is 0 Å². The van der Waals surface area contributed by atoms with E-state index in [1.807, 2.05) is 0 Å². The molecule has 0 amide bonds. The molecule has 53 heavy (non-hydrogen) atoms. The molecule has 0 spiro atoms. The highest BCUT2D eigenvalue weighted by atomic mass is 15.0. The quantitative estimate of drug-likeness (QED) is 0.164. The van der Waals surface area contributed by atoms with E-state index < -0.39 is 0 Å². The predicted molar refractivity (Wildman–Crippen MR) is 226 cm³/mol. The van der Waals surface area contributed by atoms with Crippen LogP contribution in [0.3, 0.4) is 0 Å². The van der Waals surface area contributed by atoms with E-state index in [1.54, 1.807) is 0 Å². The van der Waals surface area contributed by atoms with Crippen molar-refractivity contribution in [2.24, 2.45) is 5.92 Å². The molecule has 2 nitrogen and oxygen atoms in total. The lowest BCUT2D eigenvalue weighted by atomic mass is 9.74. The van der Waals surface area contributed by atoms with Crippen LogP contribution >= 0.6 is 0 Å². The Labute approximate surface area is 309 Å². The summed E-state index contributed by atoms with van der Waals surface area (Å²) in [6.45, 7) is 4.87. The molecule has 2 atom stereocenters. The highest BCUT2D eigenvalue weighted by molar-refractivity contribution is 6.12. The molecule has 2 heterocycles. The van der Waals surface area contributed by atoms with Crippen LogP contribution in [0.25, 0.3) is 77.9 Å². The smallest absolute Gasteiger partial charge is 0.0541 e. The average Bonchev–Trinajstić information content (AvgIpc) is 3.80. The van der Waals surface area contributed by atoms with E-state index in [4.69, 9.17) is 0 Å². The molecule has 0 radical (unpaired) electrons. The summed E-state index contributed by atoms with van der Waals surface area (Å²) in [4.78, 5) is 0. The summed E-state index contributed by atoms with van der Waals surface area (Å²) in [5.41, 5.74) is 12.8. The molecule has 2 aliphatic carbocycles. The molecular formula is C51H38N2. The van der Waals surface area contributed by atoms with Crippen LogP contribution in [0.4, 0.5) is 0 Å². The van der Waals surface area contributed by atoms with Crippen LogP contribution in [-0.2, 0) is 5.41 Å². The molecule has 0 bridgehead atoms. The van der Waals surface area contributed by atoms with Gasteiger partial charge in [0.2, 0.25) is 0 Å². The van der Waals surface area contributed by atoms with E-state index in [1.165, 1.54) is 88.0 Å². The lowest BCUT2D eigenvalue weighted by Crippen LogP contribution is -2.25. The second-order valence-corrected chi connectivity index (χ2v) is 15.4. The summed E-state index contributed by atoms with van der Waals surface area (Å²) in [6.07, 6.45) is 12.0. The Bertz CT molecular complexity index is 2940. The zero-order valence-corrected chi connectivity index (χ0v) is 29.9. The Morgan fingerprint density at radius 3 is 1.70 bits per heavy atom. The Kier molecular flexibility index (Phi) is 6.46. The summed E-state index contributed by atoms with van der Waals surface area (Å²) >= 11 is 0. The molecule has 0 saturated heterocycles. The molecule has 2 aliphatic rings. The standard InChI is InChI=1S/C51H38N2/c1-51(2)44-31-33(26-29-37(44)38-30-28-35(32-45(38)51)52-46-20-7-3-14-40(46)41-15-4-8-21-47(41)52)25-27-34-13-11-19-39-36(34)18-12-24-50(39)53-48-22-9-5-16-42(48)43-17-6-10-23-49(43)53/h3-32,38,45H,1-2H3/b27-25+. The van der Waals surface area contributed by atoms with Gasteiger partial charge in [-0.05, 0) is 75.4 Å². The lowest BCUT2D eigenvalue weighted by Gasteiger charge is -2.31. The number of fused-ring (bicyclic) bond motifs is 10. The largest absolute Gasteiger partial charge is 0.310 e. The number of hydrogen-bond acceptors (Lipinski definition) is 0. The highest BCUT2D eigenvalue weighted by Gasteiger charge is 2.45. The first kappa shape index (κ1) is 30.3. The molecule has 9 aromatic rings. The van der Waals surface area contributed by atoms with Crippen molar-refractivity contribution >= 4 is 72.2 Å². The summed E-state index contributed by atoms with van der Waals surface area (Å²) in [5.74, 6) is 0.737. The second kappa shape index (κ2) is 11.3. The molecule has 0 fully saturated rings. The van der Waals surface area contributed by atoms with Crippen molar-refractivity contribution in [1.82, 2.24) is 9.13 Å². The van der Waals surface area contributed by atoms with Gasteiger partial charge in [0.15, 0.2) is 0 Å². The maximum absolute atomic E-state index is 2.55. The molecule has 2 unspecified atom stereocenters. The minimum absolute atomic E-state index is 0.0186. The molecule has 252 valence electrons. The Morgan fingerprint density at radius 1 is 0.509 bits per heavy atom. The van der Waals surface area contributed by atoms with E-state index >= 15 is 0 Å². The number of aromatic nitrogens is 2. The van der Waals surface area contributed by atoms with Crippen molar-refractivity contribution in [2.75, 3.05) is 0 Å². The van der Waals surface area contributed by atoms with Gasteiger partial charge < -0.3 is 9.13 Å². The minimum atomic E-state index is -0.0186. The second-order valence-electron chi connectivity index (χ2n) is 15.4. The first-order valence-electron chi connectivity index (χ1n) is 18.8. The van der Waals surface area contributed by atoms with E-state index in [0.29, 0.717) is 11.8 Å². The number of hydrogen-bond donors (Lipinski definition) is 0. The number of rotatable bonds is 4. The van der Waals surface area contributed by atoms with Crippen LogP contribution in [0, 0.1) is 5.92 Å². The maximum atomic E-state index is 2.55. The number of para-hydroxylation sites is 4. The van der Waals surface area contributed by atoms with Crippen LogP contribution < -0.4 is 0 Å². The van der Waals surface area contributed by atoms with Gasteiger partial charge >= 0.3 is 0 Å². The van der Waals surface area contributed by atoms with Gasteiger partial charge in [0, 0.05) is 38.5 Å². The fourth-order valence-corrected chi connectivity index (χ4v) is 9.70.